The van der Waals surface area contributed by atoms with E-state index >= 15 is 0 Å². The number of hydrogen-bond acceptors (Lipinski definition) is 2. The van der Waals surface area contributed by atoms with Crippen molar-refractivity contribution in [3.8, 4) is 66.8 Å². The molecule has 0 spiro atoms. The highest BCUT2D eigenvalue weighted by Gasteiger charge is 2.38. The molecule has 0 fully saturated rings. The topological polar surface area (TPSA) is 16.4 Å². The monoisotopic (exact) mass is 971 g/mol. The number of hydrogen-bond donors (Lipinski definition) is 0. The smallest absolute Gasteiger partial charge is 0.143 e. The Kier molecular flexibility index (Phi) is 9.69. The quantitative estimate of drug-likeness (QED) is 0.158. The molecule has 0 atom stereocenters. The summed E-state index contributed by atoms with van der Waals surface area (Å²) in [7, 11) is 0. The highest BCUT2D eigenvalue weighted by Crippen LogP contribution is 2.54. The van der Waals surface area contributed by atoms with Crippen LogP contribution in [-0.4, -0.2) is 0 Å². The highest BCUT2D eigenvalue weighted by atomic mass is 16.3. The number of anilines is 3. The number of nitrogens with zero attached hydrogens (tertiary/aromatic N) is 1. The molecule has 0 aliphatic heterocycles. The molecule has 76 heavy (non-hydrogen) atoms. The first-order valence-corrected chi connectivity index (χ1v) is 26.6. The lowest BCUT2D eigenvalue weighted by atomic mass is 9.81. The van der Waals surface area contributed by atoms with Crippen molar-refractivity contribution in [2.75, 3.05) is 4.90 Å². The van der Waals surface area contributed by atoms with Gasteiger partial charge in [0.25, 0.3) is 0 Å². The number of fused-ring (bicyclic) bond motifs is 11. The number of rotatable bonds is 7. The molecule has 1 heterocycles. The first-order valence-electron chi connectivity index (χ1n) is 26.6. The molecule has 0 saturated carbocycles. The average Bonchev–Trinajstić information content (AvgIpc) is 4.15. The number of para-hydroxylation sites is 2. The Balaban J connectivity index is 0.825. The molecular weight excluding hydrogens is 919 g/mol. The van der Waals surface area contributed by atoms with Gasteiger partial charge in [0.1, 0.15) is 11.2 Å². The molecule has 1 aromatic heterocycles. The molecule has 2 aliphatic carbocycles. The summed E-state index contributed by atoms with van der Waals surface area (Å²) in [6, 6.07) is 92.3. The SMILES string of the molecule is CC1(C)c2cc(-c3ccc4ccccc4c3)ccc2-c2ccc(N(c3ccc(-c4cccc(-c5cccc6c5oc5ccccc56)c4)cc3)c3ccc4c(c3)C(C)(C)c3cc(-c5ccc6ccccc6c5)ccc3-4)cc21. The second kappa shape index (κ2) is 16.6. The fraction of sp³-hybridized carbons (Fsp3) is 0.0811. The second-order valence-corrected chi connectivity index (χ2v) is 22.1. The molecule has 12 aromatic carbocycles. The third-order valence-corrected chi connectivity index (χ3v) is 17.0. The van der Waals surface area contributed by atoms with Gasteiger partial charge in [-0.2, -0.15) is 0 Å². The summed E-state index contributed by atoms with van der Waals surface area (Å²) >= 11 is 0. The van der Waals surface area contributed by atoms with E-state index in [9.17, 15) is 0 Å². The maximum absolute atomic E-state index is 6.49. The van der Waals surface area contributed by atoms with Crippen LogP contribution in [0.1, 0.15) is 49.9 Å². The van der Waals surface area contributed by atoms with Crippen LogP contribution in [0.5, 0.6) is 0 Å². The lowest BCUT2D eigenvalue weighted by Crippen LogP contribution is -2.18. The summed E-state index contributed by atoms with van der Waals surface area (Å²) < 4.78 is 6.49. The summed E-state index contributed by atoms with van der Waals surface area (Å²) in [6.45, 7) is 9.59. The van der Waals surface area contributed by atoms with E-state index in [1.807, 2.05) is 6.07 Å². The fourth-order valence-electron chi connectivity index (χ4n) is 12.9. The standard InChI is InChI=1S/C74H53NO/c1-73(2)67-42-54(52-25-23-46-13-5-7-15-49(46)39-52)29-35-61(67)63-37-33-58(44-69(63)73)75(57-31-27-48(28-32-57)51-17-11-18-56(41-51)60-20-12-21-66-65-19-9-10-22-71(65)76-72(60)66)59-34-38-64-62-36-30-55(43-68(62)74(3,4)70(64)45-59)53-26-24-47-14-6-8-16-50(47)40-53/h5-45H,1-4H3. The van der Waals surface area contributed by atoms with E-state index in [4.69, 9.17) is 4.42 Å². The fourth-order valence-corrected chi connectivity index (χ4v) is 12.9. The van der Waals surface area contributed by atoms with Gasteiger partial charge in [-0.25, -0.2) is 0 Å². The summed E-state index contributed by atoms with van der Waals surface area (Å²) in [5, 5.41) is 7.32. The van der Waals surface area contributed by atoms with Gasteiger partial charge in [0.2, 0.25) is 0 Å². The molecule has 15 rings (SSSR count). The molecule has 0 bridgehead atoms. The zero-order valence-electron chi connectivity index (χ0n) is 43.0. The third kappa shape index (κ3) is 6.87. The minimum atomic E-state index is -0.231. The summed E-state index contributed by atoms with van der Waals surface area (Å²) in [5.41, 5.74) is 24.9. The van der Waals surface area contributed by atoms with E-state index in [0.29, 0.717) is 0 Å². The Morgan fingerprint density at radius 3 is 1.29 bits per heavy atom. The third-order valence-electron chi connectivity index (χ3n) is 17.0. The van der Waals surface area contributed by atoms with E-state index < -0.39 is 0 Å². The van der Waals surface area contributed by atoms with Crippen LogP contribution >= 0.6 is 0 Å². The van der Waals surface area contributed by atoms with Crippen molar-refractivity contribution in [1.82, 2.24) is 0 Å². The van der Waals surface area contributed by atoms with Gasteiger partial charge in [0.05, 0.1) is 0 Å². The van der Waals surface area contributed by atoms with Crippen molar-refractivity contribution in [2.24, 2.45) is 0 Å². The van der Waals surface area contributed by atoms with Crippen LogP contribution in [0.15, 0.2) is 253 Å². The van der Waals surface area contributed by atoms with E-state index in [1.54, 1.807) is 0 Å². The zero-order chi connectivity index (χ0) is 50.9. The van der Waals surface area contributed by atoms with Crippen molar-refractivity contribution < 1.29 is 4.42 Å². The summed E-state index contributed by atoms with van der Waals surface area (Å²) in [6.07, 6.45) is 0. The van der Waals surface area contributed by atoms with E-state index in [2.05, 4.69) is 275 Å². The lowest BCUT2D eigenvalue weighted by molar-refractivity contribution is 0.660. The van der Waals surface area contributed by atoms with Gasteiger partial charge in [-0.1, -0.05) is 204 Å². The molecule has 0 saturated heterocycles. The molecule has 0 N–H and O–H groups in total. The molecule has 13 aromatic rings. The zero-order valence-corrected chi connectivity index (χ0v) is 43.0. The van der Waals surface area contributed by atoms with E-state index in [-0.39, 0.29) is 10.8 Å². The molecule has 2 aliphatic rings. The molecular formula is C74H53NO. The predicted molar refractivity (Wildman–Crippen MR) is 320 cm³/mol. The van der Waals surface area contributed by atoms with Crippen LogP contribution in [0.4, 0.5) is 17.1 Å². The normalized spacial score (nSPS) is 13.7. The number of benzene rings is 12. The Morgan fingerprint density at radius 1 is 0.276 bits per heavy atom. The molecule has 0 radical (unpaired) electrons. The Hall–Kier alpha value is -9.24. The van der Waals surface area contributed by atoms with Gasteiger partial charge in [0, 0.05) is 44.2 Å². The average molecular weight is 972 g/mol. The minimum absolute atomic E-state index is 0.231. The van der Waals surface area contributed by atoms with E-state index in [0.717, 1.165) is 61.3 Å². The van der Waals surface area contributed by atoms with Crippen LogP contribution in [0.3, 0.4) is 0 Å². The Bertz CT molecular complexity index is 4340. The Morgan fingerprint density at radius 2 is 0.697 bits per heavy atom. The van der Waals surface area contributed by atoms with Gasteiger partial charge in [-0.05, 0) is 178 Å². The molecule has 0 unspecified atom stereocenters. The van der Waals surface area contributed by atoms with E-state index in [1.165, 1.54) is 88.3 Å². The van der Waals surface area contributed by atoms with Gasteiger partial charge < -0.3 is 9.32 Å². The van der Waals surface area contributed by atoms with Crippen molar-refractivity contribution >= 4 is 60.5 Å². The molecule has 2 heteroatoms. The lowest BCUT2D eigenvalue weighted by Gasteiger charge is -2.30. The molecule has 0 amide bonds. The van der Waals surface area contributed by atoms with Crippen LogP contribution in [0.25, 0.3) is 110 Å². The minimum Gasteiger partial charge on any atom is -0.455 e. The summed E-state index contributed by atoms with van der Waals surface area (Å²) in [5.74, 6) is 0. The van der Waals surface area contributed by atoms with Crippen molar-refractivity contribution in [2.45, 2.75) is 38.5 Å². The molecule has 2 nitrogen and oxygen atoms in total. The van der Waals surface area contributed by atoms with Crippen molar-refractivity contribution in [3.63, 3.8) is 0 Å². The van der Waals surface area contributed by atoms with Crippen molar-refractivity contribution in [3.05, 3.63) is 271 Å². The van der Waals surface area contributed by atoms with Crippen LogP contribution < -0.4 is 4.90 Å². The van der Waals surface area contributed by atoms with Gasteiger partial charge in [-0.3, -0.25) is 0 Å². The van der Waals surface area contributed by atoms with Crippen LogP contribution in [0.2, 0.25) is 0 Å². The van der Waals surface area contributed by atoms with Crippen LogP contribution in [-0.2, 0) is 10.8 Å². The predicted octanol–water partition coefficient (Wildman–Crippen LogP) is 20.6. The largest absolute Gasteiger partial charge is 0.455 e. The number of furan rings is 1. The van der Waals surface area contributed by atoms with Crippen LogP contribution in [0, 0.1) is 0 Å². The van der Waals surface area contributed by atoms with Gasteiger partial charge in [0.15, 0.2) is 0 Å². The first kappa shape index (κ1) is 44.3. The van der Waals surface area contributed by atoms with Crippen molar-refractivity contribution in [1.29, 1.82) is 0 Å². The first-order chi connectivity index (χ1) is 37.1. The maximum atomic E-state index is 6.49. The maximum Gasteiger partial charge on any atom is 0.143 e. The van der Waals surface area contributed by atoms with Gasteiger partial charge >= 0.3 is 0 Å². The Labute approximate surface area is 443 Å². The second-order valence-electron chi connectivity index (χ2n) is 22.1. The summed E-state index contributed by atoms with van der Waals surface area (Å²) in [4.78, 5) is 2.47. The highest BCUT2D eigenvalue weighted by molar-refractivity contribution is 6.09. The van der Waals surface area contributed by atoms with Gasteiger partial charge in [-0.15, -0.1) is 0 Å². The molecule has 360 valence electrons.